The van der Waals surface area contributed by atoms with E-state index in [1.807, 2.05) is 6.07 Å². The number of sulfonamides is 1. The van der Waals surface area contributed by atoms with Crippen molar-refractivity contribution in [2.45, 2.75) is 102 Å². The van der Waals surface area contributed by atoms with Gasteiger partial charge in [0.2, 0.25) is 27.7 Å². The Morgan fingerprint density at radius 3 is 2.38 bits per heavy atom. The fourth-order valence-electron chi connectivity index (χ4n) is 6.14. The summed E-state index contributed by atoms with van der Waals surface area (Å²) in [6, 6.07) is 4.95. The molecule has 0 spiro atoms. The molecular weight excluding hydrogens is 666 g/mol. The van der Waals surface area contributed by atoms with Crippen molar-refractivity contribution in [1.29, 1.82) is 0 Å². The summed E-state index contributed by atoms with van der Waals surface area (Å²) in [5.41, 5.74) is -3.19. The summed E-state index contributed by atoms with van der Waals surface area (Å²) in [4.78, 5) is 60.7. The van der Waals surface area contributed by atoms with E-state index in [0.717, 1.165) is 5.39 Å². The lowest BCUT2D eigenvalue weighted by Gasteiger charge is -2.36. The van der Waals surface area contributed by atoms with E-state index >= 15 is 0 Å². The van der Waals surface area contributed by atoms with Gasteiger partial charge in [-0.15, -0.1) is 6.58 Å². The van der Waals surface area contributed by atoms with Gasteiger partial charge in [0.25, 0.3) is 5.91 Å². The Labute approximate surface area is 292 Å². The first-order valence-corrected chi connectivity index (χ1v) is 18.2. The molecule has 3 fully saturated rings. The van der Waals surface area contributed by atoms with Crippen LogP contribution in [0.5, 0.6) is 11.6 Å². The molecule has 1 unspecified atom stereocenters. The molecule has 272 valence electrons. The second-order valence-corrected chi connectivity index (χ2v) is 17.3. The third kappa shape index (κ3) is 7.98. The number of ether oxygens (including phenoxy) is 3. The first-order valence-electron chi connectivity index (χ1n) is 16.7. The van der Waals surface area contributed by atoms with Crippen LogP contribution in [0.25, 0.3) is 10.8 Å². The van der Waals surface area contributed by atoms with Crippen molar-refractivity contribution in [3.63, 3.8) is 0 Å². The van der Waals surface area contributed by atoms with Gasteiger partial charge in [-0.05, 0) is 75.1 Å². The van der Waals surface area contributed by atoms with Crippen molar-refractivity contribution in [2.75, 3.05) is 13.7 Å². The van der Waals surface area contributed by atoms with E-state index in [2.05, 4.69) is 26.9 Å². The molecule has 2 saturated carbocycles. The summed E-state index contributed by atoms with van der Waals surface area (Å²) in [6.45, 7) is 14.2. The Balaban J connectivity index is 1.44. The van der Waals surface area contributed by atoms with Crippen LogP contribution in [0.15, 0.2) is 43.1 Å². The number of alkyl carbamates (subject to hydrolysis) is 1. The summed E-state index contributed by atoms with van der Waals surface area (Å²) >= 11 is 0. The van der Waals surface area contributed by atoms with Gasteiger partial charge in [-0.25, -0.2) is 18.2 Å². The number of amides is 4. The molecule has 5 rings (SSSR count). The minimum absolute atomic E-state index is 0.0198. The van der Waals surface area contributed by atoms with Gasteiger partial charge in [0.05, 0.1) is 18.9 Å². The lowest BCUT2D eigenvalue weighted by Crippen LogP contribution is -2.60. The summed E-state index contributed by atoms with van der Waals surface area (Å²) in [6.07, 6.45) is 2.64. The topological polar surface area (TPSA) is 182 Å². The zero-order valence-corrected chi connectivity index (χ0v) is 30.4. The maximum absolute atomic E-state index is 14.4. The normalized spacial score (nSPS) is 24.1. The number of pyridine rings is 1. The molecule has 2 aromatic rings. The third-order valence-electron chi connectivity index (χ3n) is 9.08. The van der Waals surface area contributed by atoms with Gasteiger partial charge < -0.3 is 29.7 Å². The van der Waals surface area contributed by atoms with Gasteiger partial charge in [0.1, 0.15) is 35.1 Å². The number of nitrogens with zero attached hydrogens (tertiary/aromatic N) is 2. The second kappa shape index (κ2) is 13.4. The monoisotopic (exact) mass is 713 g/mol. The number of hydrogen-bond donors (Lipinski definition) is 3. The number of carbonyl (C=O) groups excluding carboxylic acids is 4. The maximum atomic E-state index is 14.4. The van der Waals surface area contributed by atoms with E-state index in [0.29, 0.717) is 24.0 Å². The SMILES string of the molecule is C=CC1C[C@]1(NC(=O)[C@@H]1C[C@@H](Oc2nccc3cc(OC)ccc23)CN1C(=O)[C@@H](NC(=O)OC(C)(C)C)C(C)(C)C)C(=O)NS(=O)(=O)C1CC1. The van der Waals surface area contributed by atoms with Crippen molar-refractivity contribution >= 4 is 44.6 Å². The lowest BCUT2D eigenvalue weighted by molar-refractivity contribution is -0.143. The molecule has 2 aliphatic carbocycles. The predicted molar refractivity (Wildman–Crippen MR) is 185 cm³/mol. The van der Waals surface area contributed by atoms with Crippen LogP contribution < -0.4 is 24.8 Å². The van der Waals surface area contributed by atoms with Gasteiger partial charge >= 0.3 is 6.09 Å². The van der Waals surface area contributed by atoms with E-state index in [1.165, 1.54) is 11.0 Å². The molecule has 4 amide bonds. The van der Waals surface area contributed by atoms with Gasteiger partial charge in [-0.3, -0.25) is 19.1 Å². The van der Waals surface area contributed by atoms with Crippen LogP contribution in [-0.2, 0) is 29.1 Å². The molecule has 1 aliphatic heterocycles. The number of likely N-dealkylation sites (tertiary alicyclic amines) is 1. The minimum atomic E-state index is -3.89. The van der Waals surface area contributed by atoms with Gasteiger partial charge in [0, 0.05) is 23.9 Å². The summed E-state index contributed by atoms with van der Waals surface area (Å²) in [5, 5.41) is 6.33. The summed E-state index contributed by atoms with van der Waals surface area (Å²) in [5.74, 6) is -1.66. The maximum Gasteiger partial charge on any atom is 0.408 e. The number of nitrogens with one attached hydrogen (secondary N) is 3. The van der Waals surface area contributed by atoms with Crippen molar-refractivity contribution in [3.8, 4) is 11.6 Å². The standard InChI is InChI=1S/C35H47N5O9S/c1-9-21-18-35(21,31(43)39-50(45,46)24-11-12-24)38-28(41)26-17-23(48-29-25-13-10-22(47-8)16-20(25)14-15-36-29)19-40(26)30(42)27(33(2,3)4)37-32(44)49-34(5,6)7/h9-10,13-16,21,23-24,26-27H,1,11-12,17-19H2,2-8H3,(H,37,44)(H,38,41)(H,39,43)/t21?,23-,26+,27-,35-/m1/s1. The molecule has 0 radical (unpaired) electrons. The van der Waals surface area contributed by atoms with Crippen molar-refractivity contribution in [3.05, 3.63) is 43.1 Å². The quantitative estimate of drug-likeness (QED) is 0.293. The third-order valence-corrected chi connectivity index (χ3v) is 10.9. The Morgan fingerprint density at radius 2 is 1.80 bits per heavy atom. The first kappa shape index (κ1) is 36.9. The smallest absolute Gasteiger partial charge is 0.408 e. The van der Waals surface area contributed by atoms with E-state index in [-0.39, 0.29) is 25.3 Å². The number of benzene rings is 1. The van der Waals surface area contributed by atoms with Crippen LogP contribution in [0.4, 0.5) is 4.79 Å². The predicted octanol–water partition coefficient (Wildman–Crippen LogP) is 3.20. The highest BCUT2D eigenvalue weighted by molar-refractivity contribution is 7.91. The fraction of sp³-hybridized carbons (Fsp3) is 0.571. The minimum Gasteiger partial charge on any atom is -0.497 e. The number of carbonyl (C=O) groups is 4. The molecule has 1 aromatic carbocycles. The Bertz CT molecular complexity index is 1800. The highest BCUT2D eigenvalue weighted by Gasteiger charge is 2.62. The molecule has 14 nitrogen and oxygen atoms in total. The van der Waals surface area contributed by atoms with Gasteiger partial charge in [-0.2, -0.15) is 0 Å². The zero-order chi connectivity index (χ0) is 36.8. The molecule has 15 heteroatoms. The van der Waals surface area contributed by atoms with Crippen LogP contribution in [0.3, 0.4) is 0 Å². The molecular formula is C35H47N5O9S. The van der Waals surface area contributed by atoms with Crippen LogP contribution in [0.1, 0.15) is 67.2 Å². The van der Waals surface area contributed by atoms with Crippen LogP contribution in [0, 0.1) is 11.3 Å². The van der Waals surface area contributed by atoms with Crippen LogP contribution in [-0.4, -0.2) is 90.3 Å². The molecule has 50 heavy (non-hydrogen) atoms. The average Bonchev–Trinajstić information content (AvgIpc) is 3.95. The Hall–Kier alpha value is -4.40. The van der Waals surface area contributed by atoms with E-state index < -0.39 is 79.7 Å². The number of rotatable bonds is 11. The molecule has 2 heterocycles. The van der Waals surface area contributed by atoms with E-state index in [9.17, 15) is 27.6 Å². The van der Waals surface area contributed by atoms with Gasteiger partial charge in [-0.1, -0.05) is 26.8 Å². The van der Waals surface area contributed by atoms with E-state index in [4.69, 9.17) is 14.2 Å². The largest absolute Gasteiger partial charge is 0.497 e. The molecule has 1 saturated heterocycles. The van der Waals surface area contributed by atoms with Crippen molar-refractivity contribution in [2.24, 2.45) is 11.3 Å². The number of aromatic nitrogens is 1. The van der Waals surface area contributed by atoms with Crippen LogP contribution >= 0.6 is 0 Å². The summed E-state index contributed by atoms with van der Waals surface area (Å²) in [7, 11) is -2.33. The molecule has 3 N–H and O–H groups in total. The number of hydrogen-bond acceptors (Lipinski definition) is 10. The van der Waals surface area contributed by atoms with Gasteiger partial charge in [0.15, 0.2) is 0 Å². The summed E-state index contributed by atoms with van der Waals surface area (Å²) < 4.78 is 44.6. The number of fused-ring (bicyclic) bond motifs is 1. The lowest BCUT2D eigenvalue weighted by atomic mass is 9.85. The highest BCUT2D eigenvalue weighted by Crippen LogP contribution is 2.45. The number of methoxy groups -OCH3 is 1. The fourth-order valence-corrected chi connectivity index (χ4v) is 7.50. The van der Waals surface area contributed by atoms with Crippen molar-refractivity contribution < 1.29 is 41.8 Å². The molecule has 3 aliphatic rings. The Kier molecular flexibility index (Phi) is 9.87. The van der Waals surface area contributed by atoms with Crippen LogP contribution in [0.2, 0.25) is 0 Å². The first-order chi connectivity index (χ1) is 23.3. The van der Waals surface area contributed by atoms with E-state index in [1.54, 1.807) is 73.0 Å². The second-order valence-electron chi connectivity index (χ2n) is 15.3. The zero-order valence-electron chi connectivity index (χ0n) is 29.6. The Morgan fingerprint density at radius 1 is 1.10 bits per heavy atom. The molecule has 5 atom stereocenters. The highest BCUT2D eigenvalue weighted by atomic mass is 32.2. The molecule has 0 bridgehead atoms. The average molecular weight is 714 g/mol. The molecule has 1 aromatic heterocycles. The van der Waals surface area contributed by atoms with Crippen molar-refractivity contribution in [1.82, 2.24) is 25.2 Å².